The summed E-state index contributed by atoms with van der Waals surface area (Å²) >= 11 is 0. The molecule has 0 aromatic carbocycles. The molecule has 0 aliphatic heterocycles. The first kappa shape index (κ1) is 13.3. The lowest BCUT2D eigenvalue weighted by Crippen LogP contribution is -2.22. The lowest BCUT2D eigenvalue weighted by atomic mass is 10.2. The van der Waals surface area contributed by atoms with Gasteiger partial charge in [-0.25, -0.2) is 0 Å². The maximum atomic E-state index is 11.9. The number of rotatable bonds is 5. The minimum absolute atomic E-state index is 0.00678. The number of allylic oxidation sites excluding steroid dienone is 1. The number of aliphatic hydroxyl groups is 1. The van der Waals surface area contributed by atoms with Crippen LogP contribution in [0, 0.1) is 0 Å². The number of halogens is 3. The zero-order valence-corrected chi connectivity index (χ0v) is 8.27. The van der Waals surface area contributed by atoms with Gasteiger partial charge in [0, 0.05) is 0 Å². The van der Waals surface area contributed by atoms with E-state index in [4.69, 9.17) is 4.74 Å². The minimum atomic E-state index is -4.37. The Labute approximate surface area is 81.4 Å². The van der Waals surface area contributed by atoms with Crippen molar-refractivity contribution in [2.45, 2.75) is 39.0 Å². The molecule has 1 atom stereocenters. The largest absolute Gasteiger partial charge is 0.496 e. The van der Waals surface area contributed by atoms with Gasteiger partial charge in [0.1, 0.15) is 11.9 Å². The molecular formula is C9H15F3O2. The zero-order valence-electron chi connectivity index (χ0n) is 8.27. The van der Waals surface area contributed by atoms with E-state index in [1.165, 1.54) is 6.08 Å². The average molecular weight is 212 g/mol. The number of hydrogen-bond acceptors (Lipinski definition) is 2. The fraction of sp³-hybridized carbons (Fsp3) is 0.778. The highest BCUT2D eigenvalue weighted by atomic mass is 19.4. The van der Waals surface area contributed by atoms with Crippen LogP contribution in [0.3, 0.4) is 0 Å². The van der Waals surface area contributed by atoms with Gasteiger partial charge in [-0.3, -0.25) is 0 Å². The first-order valence-corrected chi connectivity index (χ1v) is 4.48. The second kappa shape index (κ2) is 5.90. The van der Waals surface area contributed by atoms with Gasteiger partial charge in [0.15, 0.2) is 0 Å². The molecule has 0 aliphatic rings. The van der Waals surface area contributed by atoms with Crippen molar-refractivity contribution in [1.82, 2.24) is 0 Å². The molecule has 1 N–H and O–H groups in total. The SMILES string of the molecule is CC/C=C(\OCC)C(O)CC(F)(F)F. The summed E-state index contributed by atoms with van der Waals surface area (Å²) in [4.78, 5) is 0. The van der Waals surface area contributed by atoms with Gasteiger partial charge in [0.2, 0.25) is 0 Å². The predicted octanol–water partition coefficient (Wildman–Crippen LogP) is 2.63. The fourth-order valence-corrected chi connectivity index (χ4v) is 0.979. The van der Waals surface area contributed by atoms with Crippen molar-refractivity contribution in [3.63, 3.8) is 0 Å². The summed E-state index contributed by atoms with van der Waals surface area (Å²) in [5, 5.41) is 9.19. The van der Waals surface area contributed by atoms with Gasteiger partial charge in [-0.1, -0.05) is 6.92 Å². The van der Waals surface area contributed by atoms with Gasteiger partial charge < -0.3 is 9.84 Å². The van der Waals surface area contributed by atoms with Crippen LogP contribution in [0.1, 0.15) is 26.7 Å². The van der Waals surface area contributed by atoms with E-state index >= 15 is 0 Å². The molecule has 1 unspecified atom stereocenters. The number of ether oxygens (including phenoxy) is 1. The van der Waals surface area contributed by atoms with Crippen LogP contribution in [0.25, 0.3) is 0 Å². The Morgan fingerprint density at radius 3 is 2.36 bits per heavy atom. The van der Waals surface area contributed by atoms with Crippen LogP contribution < -0.4 is 0 Å². The smallest absolute Gasteiger partial charge is 0.392 e. The van der Waals surface area contributed by atoms with E-state index in [0.717, 1.165) is 0 Å². The van der Waals surface area contributed by atoms with Crippen LogP contribution in [-0.2, 0) is 4.74 Å². The zero-order chi connectivity index (χ0) is 11.2. The van der Waals surface area contributed by atoms with Crippen molar-refractivity contribution in [2.24, 2.45) is 0 Å². The van der Waals surface area contributed by atoms with Crippen LogP contribution in [-0.4, -0.2) is 24.0 Å². The highest BCUT2D eigenvalue weighted by Gasteiger charge is 2.33. The van der Waals surface area contributed by atoms with Crippen molar-refractivity contribution in [3.8, 4) is 0 Å². The van der Waals surface area contributed by atoms with Gasteiger partial charge in [-0.15, -0.1) is 0 Å². The van der Waals surface area contributed by atoms with Crippen molar-refractivity contribution in [2.75, 3.05) is 6.61 Å². The Morgan fingerprint density at radius 1 is 1.43 bits per heavy atom. The van der Waals surface area contributed by atoms with Gasteiger partial charge in [-0.2, -0.15) is 13.2 Å². The molecular weight excluding hydrogens is 197 g/mol. The summed E-state index contributed by atoms with van der Waals surface area (Å²) in [6.45, 7) is 3.67. The van der Waals surface area contributed by atoms with Crippen LogP contribution in [0.15, 0.2) is 11.8 Å². The summed E-state index contributed by atoms with van der Waals surface area (Å²) in [7, 11) is 0. The molecule has 0 heterocycles. The highest BCUT2D eigenvalue weighted by Crippen LogP contribution is 2.24. The highest BCUT2D eigenvalue weighted by molar-refractivity contribution is 5.00. The summed E-state index contributed by atoms with van der Waals surface area (Å²) < 4.78 is 40.6. The molecule has 0 saturated carbocycles. The average Bonchev–Trinajstić information content (AvgIpc) is 2.01. The number of alkyl halides is 3. The Morgan fingerprint density at radius 2 is 2.00 bits per heavy atom. The molecule has 84 valence electrons. The molecule has 0 radical (unpaired) electrons. The number of hydrogen-bond donors (Lipinski definition) is 1. The van der Waals surface area contributed by atoms with Gasteiger partial charge in [0.05, 0.1) is 13.0 Å². The fourth-order valence-electron chi connectivity index (χ4n) is 0.979. The normalized spacial score (nSPS) is 15.4. The van der Waals surface area contributed by atoms with Crippen molar-refractivity contribution < 1.29 is 23.0 Å². The maximum absolute atomic E-state index is 11.9. The third-order valence-electron chi connectivity index (χ3n) is 1.47. The molecule has 5 heteroatoms. The summed E-state index contributed by atoms with van der Waals surface area (Å²) in [5.41, 5.74) is 0. The summed E-state index contributed by atoms with van der Waals surface area (Å²) in [6.07, 6.45) is -5.23. The van der Waals surface area contributed by atoms with Gasteiger partial charge in [0.25, 0.3) is 0 Å². The van der Waals surface area contributed by atoms with E-state index in [2.05, 4.69) is 0 Å². The third-order valence-corrected chi connectivity index (χ3v) is 1.47. The topological polar surface area (TPSA) is 29.5 Å². The lowest BCUT2D eigenvalue weighted by Gasteiger charge is -2.16. The Hall–Kier alpha value is -0.710. The quantitative estimate of drug-likeness (QED) is 0.710. The van der Waals surface area contributed by atoms with E-state index in [0.29, 0.717) is 6.42 Å². The lowest BCUT2D eigenvalue weighted by molar-refractivity contribution is -0.153. The Bertz CT molecular complexity index is 187. The molecule has 0 saturated heterocycles. The first-order chi connectivity index (χ1) is 6.40. The predicted molar refractivity (Wildman–Crippen MR) is 46.7 cm³/mol. The van der Waals surface area contributed by atoms with Crippen molar-refractivity contribution >= 4 is 0 Å². The molecule has 0 amide bonds. The Kier molecular flexibility index (Phi) is 5.60. The number of aliphatic hydroxyl groups excluding tert-OH is 1. The molecule has 0 bridgehead atoms. The molecule has 0 aromatic heterocycles. The first-order valence-electron chi connectivity index (χ1n) is 4.48. The van der Waals surface area contributed by atoms with Gasteiger partial charge >= 0.3 is 6.18 Å². The molecule has 0 fully saturated rings. The molecule has 0 aromatic rings. The summed E-state index contributed by atoms with van der Waals surface area (Å²) in [5.74, 6) is 0.00678. The third kappa shape index (κ3) is 5.85. The maximum Gasteiger partial charge on any atom is 0.392 e. The molecule has 2 nitrogen and oxygen atoms in total. The monoisotopic (exact) mass is 212 g/mol. The second-order valence-electron chi connectivity index (χ2n) is 2.78. The van der Waals surface area contributed by atoms with Crippen LogP contribution >= 0.6 is 0 Å². The Balaban J connectivity index is 4.29. The minimum Gasteiger partial charge on any atom is -0.496 e. The molecule has 0 rings (SSSR count). The van der Waals surface area contributed by atoms with E-state index in [1.807, 2.05) is 0 Å². The van der Waals surface area contributed by atoms with Gasteiger partial charge in [-0.05, 0) is 19.4 Å². The van der Waals surface area contributed by atoms with Crippen LogP contribution in [0.2, 0.25) is 0 Å². The van der Waals surface area contributed by atoms with E-state index in [-0.39, 0.29) is 12.4 Å². The second-order valence-corrected chi connectivity index (χ2v) is 2.78. The van der Waals surface area contributed by atoms with E-state index in [1.54, 1.807) is 13.8 Å². The van der Waals surface area contributed by atoms with Crippen molar-refractivity contribution in [3.05, 3.63) is 11.8 Å². The molecule has 14 heavy (non-hydrogen) atoms. The van der Waals surface area contributed by atoms with Crippen LogP contribution in [0.4, 0.5) is 13.2 Å². The van der Waals surface area contributed by atoms with Crippen molar-refractivity contribution in [1.29, 1.82) is 0 Å². The summed E-state index contributed by atoms with van der Waals surface area (Å²) in [6, 6.07) is 0. The molecule has 0 aliphatic carbocycles. The van der Waals surface area contributed by atoms with E-state index in [9.17, 15) is 18.3 Å². The standard InChI is InChI=1S/C9H15F3O2/c1-3-5-8(14-4-2)7(13)6-9(10,11)12/h5,7,13H,3-4,6H2,1-2H3/b8-5-. The van der Waals surface area contributed by atoms with Crippen LogP contribution in [0.5, 0.6) is 0 Å². The molecule has 0 spiro atoms. The van der Waals surface area contributed by atoms with E-state index < -0.39 is 18.7 Å².